The molecule has 0 aliphatic carbocycles. The van der Waals surface area contributed by atoms with Crippen LogP contribution < -0.4 is 4.74 Å². The maximum atomic E-state index is 12.8. The molecule has 0 N–H and O–H groups in total. The molecule has 0 aromatic heterocycles. The average Bonchev–Trinajstić information content (AvgIpc) is 2.73. The summed E-state index contributed by atoms with van der Waals surface area (Å²) < 4.78 is 72.1. The van der Waals surface area contributed by atoms with Crippen LogP contribution in [0.4, 0.5) is 13.2 Å². The van der Waals surface area contributed by atoms with Crippen LogP contribution in [0.15, 0.2) is 53.4 Å². The highest BCUT2D eigenvalue weighted by Gasteiger charge is 2.32. The van der Waals surface area contributed by atoms with Crippen LogP contribution in [0.3, 0.4) is 0 Å². The Bertz CT molecular complexity index is 1000. The number of benzene rings is 2. The Kier molecular flexibility index (Phi) is 6.87. The molecule has 1 saturated heterocycles. The summed E-state index contributed by atoms with van der Waals surface area (Å²) in [7, 11) is -2.50. The summed E-state index contributed by atoms with van der Waals surface area (Å²) in [4.78, 5) is 13.5. The molecule has 1 aliphatic heterocycles. The number of methoxy groups -OCH3 is 1. The van der Waals surface area contributed by atoms with Crippen molar-refractivity contribution < 1.29 is 35.9 Å². The standard InChI is InChI=1S/C20H21F3N2O5S/c1-29-19(26)16-4-2-15(3-5-16)14-24-10-12-25(13-11-24)31(27,28)18-8-6-17(7-9-18)30-20(21,22)23/h2-9H,10-14H2,1H3. The van der Waals surface area contributed by atoms with Gasteiger partial charge in [-0.25, -0.2) is 13.2 Å². The molecular weight excluding hydrogens is 437 g/mol. The van der Waals surface area contributed by atoms with Gasteiger partial charge >= 0.3 is 12.3 Å². The lowest BCUT2D eigenvalue weighted by atomic mass is 10.1. The SMILES string of the molecule is COC(=O)c1ccc(CN2CCN(S(=O)(=O)c3ccc(OC(F)(F)F)cc3)CC2)cc1. The van der Waals surface area contributed by atoms with Gasteiger partial charge in [-0.1, -0.05) is 12.1 Å². The van der Waals surface area contributed by atoms with E-state index < -0.39 is 28.1 Å². The van der Waals surface area contributed by atoms with E-state index in [1.54, 1.807) is 12.1 Å². The smallest absolute Gasteiger partial charge is 0.465 e. The van der Waals surface area contributed by atoms with E-state index in [0.29, 0.717) is 25.2 Å². The zero-order valence-electron chi connectivity index (χ0n) is 16.6. The predicted molar refractivity (Wildman–Crippen MR) is 105 cm³/mol. The number of piperazine rings is 1. The molecule has 0 amide bonds. The number of nitrogens with zero attached hydrogens (tertiary/aromatic N) is 2. The quantitative estimate of drug-likeness (QED) is 0.620. The van der Waals surface area contributed by atoms with Crippen molar-refractivity contribution in [3.63, 3.8) is 0 Å². The van der Waals surface area contributed by atoms with Crippen molar-refractivity contribution >= 4 is 16.0 Å². The molecule has 0 spiro atoms. The van der Waals surface area contributed by atoms with Crippen LogP contribution >= 0.6 is 0 Å². The fraction of sp³-hybridized carbons (Fsp3) is 0.350. The number of esters is 1. The van der Waals surface area contributed by atoms with Crippen LogP contribution in [-0.4, -0.2) is 63.2 Å². The molecule has 31 heavy (non-hydrogen) atoms. The summed E-state index contributed by atoms with van der Waals surface area (Å²) in [6.07, 6.45) is -4.84. The van der Waals surface area contributed by atoms with Crippen molar-refractivity contribution in [2.45, 2.75) is 17.8 Å². The van der Waals surface area contributed by atoms with Crippen molar-refractivity contribution in [3.05, 3.63) is 59.7 Å². The summed E-state index contributed by atoms with van der Waals surface area (Å²) in [5.41, 5.74) is 1.43. The number of rotatable bonds is 6. The molecule has 1 fully saturated rings. The monoisotopic (exact) mass is 458 g/mol. The van der Waals surface area contributed by atoms with E-state index in [4.69, 9.17) is 0 Å². The van der Waals surface area contributed by atoms with Crippen molar-refractivity contribution in [1.82, 2.24) is 9.21 Å². The summed E-state index contributed by atoms with van der Waals surface area (Å²) in [5, 5.41) is 0. The molecule has 1 aliphatic rings. The molecule has 0 saturated carbocycles. The third-order valence-corrected chi connectivity index (χ3v) is 6.72. The Hall–Kier alpha value is -2.63. The zero-order valence-corrected chi connectivity index (χ0v) is 17.4. The minimum atomic E-state index is -4.84. The normalized spacial score (nSPS) is 16.1. The second-order valence-electron chi connectivity index (χ2n) is 6.89. The number of carbonyl (C=O) groups excluding carboxylic acids is 1. The number of halogens is 3. The average molecular weight is 458 g/mol. The fourth-order valence-electron chi connectivity index (χ4n) is 3.21. The van der Waals surface area contributed by atoms with Gasteiger partial charge < -0.3 is 9.47 Å². The number of hydrogen-bond acceptors (Lipinski definition) is 6. The van der Waals surface area contributed by atoms with Crippen LogP contribution in [-0.2, 0) is 21.3 Å². The lowest BCUT2D eigenvalue weighted by Gasteiger charge is -2.34. The molecule has 0 radical (unpaired) electrons. The molecule has 0 atom stereocenters. The van der Waals surface area contributed by atoms with Gasteiger partial charge in [0.2, 0.25) is 10.0 Å². The van der Waals surface area contributed by atoms with E-state index >= 15 is 0 Å². The second kappa shape index (κ2) is 9.25. The third kappa shape index (κ3) is 5.96. The van der Waals surface area contributed by atoms with Gasteiger partial charge in [0.05, 0.1) is 17.6 Å². The number of sulfonamides is 1. The van der Waals surface area contributed by atoms with Gasteiger partial charge in [-0.05, 0) is 42.0 Å². The van der Waals surface area contributed by atoms with Crippen molar-refractivity contribution in [2.75, 3.05) is 33.3 Å². The Morgan fingerprint density at radius 2 is 1.55 bits per heavy atom. The number of ether oxygens (including phenoxy) is 2. The van der Waals surface area contributed by atoms with Crippen molar-refractivity contribution in [1.29, 1.82) is 0 Å². The van der Waals surface area contributed by atoms with E-state index in [-0.39, 0.29) is 18.0 Å². The minimum Gasteiger partial charge on any atom is -0.465 e. The molecule has 11 heteroatoms. The molecule has 3 rings (SSSR count). The van der Waals surface area contributed by atoms with Crippen LogP contribution in [0.1, 0.15) is 15.9 Å². The first kappa shape index (κ1) is 23.0. The highest BCUT2D eigenvalue weighted by atomic mass is 32.2. The summed E-state index contributed by atoms with van der Waals surface area (Å²) in [6.45, 7) is 2.09. The van der Waals surface area contributed by atoms with E-state index in [2.05, 4.69) is 14.4 Å². The Morgan fingerprint density at radius 1 is 0.968 bits per heavy atom. The molecule has 1 heterocycles. The largest absolute Gasteiger partial charge is 0.573 e. The third-order valence-electron chi connectivity index (χ3n) is 4.81. The fourth-order valence-corrected chi connectivity index (χ4v) is 4.63. The first-order valence-corrected chi connectivity index (χ1v) is 10.8. The molecule has 0 bridgehead atoms. The summed E-state index contributed by atoms with van der Waals surface area (Å²) in [5.74, 6) is -0.891. The maximum Gasteiger partial charge on any atom is 0.573 e. The van der Waals surface area contributed by atoms with Gasteiger partial charge in [0, 0.05) is 32.7 Å². The van der Waals surface area contributed by atoms with Gasteiger partial charge in [-0.15, -0.1) is 13.2 Å². The molecule has 2 aromatic carbocycles. The van der Waals surface area contributed by atoms with Gasteiger partial charge in [0.1, 0.15) is 5.75 Å². The van der Waals surface area contributed by atoms with E-state index in [9.17, 15) is 26.4 Å². The van der Waals surface area contributed by atoms with Crippen molar-refractivity contribution in [3.8, 4) is 5.75 Å². The molecule has 0 unspecified atom stereocenters. The highest BCUT2D eigenvalue weighted by molar-refractivity contribution is 7.89. The van der Waals surface area contributed by atoms with E-state index in [1.165, 1.54) is 11.4 Å². The van der Waals surface area contributed by atoms with Crippen LogP contribution in [0.25, 0.3) is 0 Å². The second-order valence-corrected chi connectivity index (χ2v) is 8.83. The van der Waals surface area contributed by atoms with Gasteiger partial charge in [0.25, 0.3) is 0 Å². The lowest BCUT2D eigenvalue weighted by Crippen LogP contribution is -2.48. The topological polar surface area (TPSA) is 76.2 Å². The van der Waals surface area contributed by atoms with Crippen LogP contribution in [0, 0.1) is 0 Å². The highest BCUT2D eigenvalue weighted by Crippen LogP contribution is 2.25. The Labute approximate surface area is 178 Å². The van der Waals surface area contributed by atoms with Crippen LogP contribution in [0.5, 0.6) is 5.75 Å². The first-order chi connectivity index (χ1) is 14.6. The number of hydrogen-bond donors (Lipinski definition) is 0. The predicted octanol–water partition coefficient (Wildman–Crippen LogP) is 2.88. The van der Waals surface area contributed by atoms with Gasteiger partial charge in [-0.2, -0.15) is 4.31 Å². The molecule has 2 aromatic rings. The van der Waals surface area contributed by atoms with Gasteiger partial charge in [-0.3, -0.25) is 4.90 Å². The maximum absolute atomic E-state index is 12.8. The first-order valence-electron chi connectivity index (χ1n) is 9.34. The number of carbonyl (C=O) groups is 1. The minimum absolute atomic E-state index is 0.0890. The molecule has 168 valence electrons. The molecule has 7 nitrogen and oxygen atoms in total. The Morgan fingerprint density at radius 3 is 2.06 bits per heavy atom. The number of alkyl halides is 3. The van der Waals surface area contributed by atoms with Crippen molar-refractivity contribution in [2.24, 2.45) is 0 Å². The van der Waals surface area contributed by atoms with E-state index in [0.717, 1.165) is 29.8 Å². The summed E-state index contributed by atoms with van der Waals surface area (Å²) >= 11 is 0. The zero-order chi connectivity index (χ0) is 22.6. The van der Waals surface area contributed by atoms with E-state index in [1.807, 2.05) is 12.1 Å². The van der Waals surface area contributed by atoms with Crippen LogP contribution in [0.2, 0.25) is 0 Å². The summed E-state index contributed by atoms with van der Waals surface area (Å²) in [6, 6.07) is 11.2. The lowest BCUT2D eigenvalue weighted by molar-refractivity contribution is -0.274. The van der Waals surface area contributed by atoms with Gasteiger partial charge in [0.15, 0.2) is 0 Å². The Balaban J connectivity index is 1.57. The molecular formula is C20H21F3N2O5S.